The molecule has 1 heterocycles. The number of nitrogens with two attached hydrogens (primary N) is 1. The monoisotopic (exact) mass is 252 g/mol. The van der Waals surface area contributed by atoms with Crippen LogP contribution in [0.15, 0.2) is 6.33 Å². The molecule has 0 saturated carbocycles. The molecule has 18 heavy (non-hydrogen) atoms. The molecule has 5 nitrogen and oxygen atoms in total. The molecule has 5 heteroatoms. The van der Waals surface area contributed by atoms with Crippen molar-refractivity contribution in [2.75, 3.05) is 30.8 Å². The van der Waals surface area contributed by atoms with Gasteiger partial charge in [0.2, 0.25) is 0 Å². The third kappa shape index (κ3) is 4.87. The van der Waals surface area contributed by atoms with E-state index in [9.17, 15) is 0 Å². The molecular formula is C13H24N4O. The van der Waals surface area contributed by atoms with Crippen molar-refractivity contribution in [1.82, 2.24) is 9.97 Å². The Morgan fingerprint density at radius 2 is 2.17 bits per heavy atom. The molecule has 0 atom stereocenters. The van der Waals surface area contributed by atoms with Crippen LogP contribution in [0.3, 0.4) is 0 Å². The van der Waals surface area contributed by atoms with Crippen LogP contribution in [0.5, 0.6) is 0 Å². The molecule has 0 radical (unpaired) electrons. The van der Waals surface area contributed by atoms with Gasteiger partial charge in [0.15, 0.2) is 0 Å². The number of nitrogen functional groups attached to an aromatic ring is 1. The molecule has 0 fully saturated rings. The van der Waals surface area contributed by atoms with Gasteiger partial charge in [-0.3, -0.25) is 0 Å². The first-order valence-electron chi connectivity index (χ1n) is 6.56. The van der Waals surface area contributed by atoms with Gasteiger partial charge in [-0.2, -0.15) is 0 Å². The second kappa shape index (κ2) is 7.87. The van der Waals surface area contributed by atoms with Crippen LogP contribution in [0.2, 0.25) is 0 Å². The van der Waals surface area contributed by atoms with Crippen LogP contribution in [-0.4, -0.2) is 29.7 Å². The summed E-state index contributed by atoms with van der Waals surface area (Å²) in [6, 6.07) is 0. The number of hydrogen-bond acceptors (Lipinski definition) is 5. The fraction of sp³-hybridized carbons (Fsp3) is 0.692. The Morgan fingerprint density at radius 3 is 2.83 bits per heavy atom. The highest BCUT2D eigenvalue weighted by Crippen LogP contribution is 2.18. The number of aromatic nitrogens is 2. The standard InChI is InChI=1S/C13H24N4O/c1-4-5-11-12(14)16-9-17-13(11)15-6-7-18-8-10(2)3/h9-10H,4-8H2,1-3H3,(H3,14,15,16,17). The Labute approximate surface area is 109 Å². The Morgan fingerprint density at radius 1 is 1.39 bits per heavy atom. The molecule has 1 aromatic rings. The normalized spacial score (nSPS) is 10.9. The SMILES string of the molecule is CCCc1c(N)ncnc1NCCOCC(C)C. The molecule has 0 unspecified atom stereocenters. The smallest absolute Gasteiger partial charge is 0.134 e. The van der Waals surface area contributed by atoms with E-state index in [1.165, 1.54) is 6.33 Å². The zero-order valence-electron chi connectivity index (χ0n) is 11.6. The predicted molar refractivity (Wildman–Crippen MR) is 74.6 cm³/mol. The van der Waals surface area contributed by atoms with Gasteiger partial charge in [0.25, 0.3) is 0 Å². The average molecular weight is 252 g/mol. The first kappa shape index (κ1) is 14.7. The van der Waals surface area contributed by atoms with Crippen LogP contribution in [0, 0.1) is 5.92 Å². The summed E-state index contributed by atoms with van der Waals surface area (Å²) >= 11 is 0. The topological polar surface area (TPSA) is 73.1 Å². The van der Waals surface area contributed by atoms with E-state index in [1.54, 1.807) is 0 Å². The molecule has 0 aliphatic heterocycles. The molecule has 0 amide bonds. The van der Waals surface area contributed by atoms with Crippen molar-refractivity contribution in [2.45, 2.75) is 33.6 Å². The van der Waals surface area contributed by atoms with E-state index in [-0.39, 0.29) is 0 Å². The maximum Gasteiger partial charge on any atom is 0.134 e. The van der Waals surface area contributed by atoms with Gasteiger partial charge < -0.3 is 15.8 Å². The lowest BCUT2D eigenvalue weighted by atomic mass is 10.1. The molecule has 0 aromatic carbocycles. The molecule has 102 valence electrons. The lowest BCUT2D eigenvalue weighted by Crippen LogP contribution is -2.15. The Kier molecular flexibility index (Phi) is 6.43. The fourth-order valence-corrected chi connectivity index (χ4v) is 1.64. The Bertz CT molecular complexity index is 355. The number of nitrogens with one attached hydrogen (secondary N) is 1. The summed E-state index contributed by atoms with van der Waals surface area (Å²) in [4.78, 5) is 8.25. The minimum atomic E-state index is 0.565. The molecular weight excluding hydrogens is 228 g/mol. The van der Waals surface area contributed by atoms with Gasteiger partial charge in [-0.25, -0.2) is 9.97 Å². The zero-order valence-corrected chi connectivity index (χ0v) is 11.6. The van der Waals surface area contributed by atoms with E-state index in [2.05, 4.69) is 36.1 Å². The molecule has 0 saturated heterocycles. The minimum absolute atomic E-state index is 0.565. The molecule has 0 aliphatic rings. The minimum Gasteiger partial charge on any atom is -0.383 e. The maximum atomic E-state index is 5.86. The molecule has 0 aliphatic carbocycles. The molecule has 1 aromatic heterocycles. The number of hydrogen-bond donors (Lipinski definition) is 2. The summed E-state index contributed by atoms with van der Waals surface area (Å²) in [7, 11) is 0. The van der Waals surface area contributed by atoms with Crippen molar-refractivity contribution in [3.8, 4) is 0 Å². The van der Waals surface area contributed by atoms with E-state index in [0.717, 1.165) is 37.4 Å². The highest BCUT2D eigenvalue weighted by molar-refractivity contribution is 5.54. The lowest BCUT2D eigenvalue weighted by molar-refractivity contribution is 0.118. The van der Waals surface area contributed by atoms with Crippen LogP contribution in [0.4, 0.5) is 11.6 Å². The Hall–Kier alpha value is -1.36. The third-order valence-electron chi connectivity index (χ3n) is 2.47. The van der Waals surface area contributed by atoms with E-state index in [0.29, 0.717) is 18.3 Å². The zero-order chi connectivity index (χ0) is 13.4. The van der Waals surface area contributed by atoms with Crippen LogP contribution in [0.25, 0.3) is 0 Å². The highest BCUT2D eigenvalue weighted by atomic mass is 16.5. The van der Waals surface area contributed by atoms with Gasteiger partial charge in [-0.1, -0.05) is 27.2 Å². The Balaban J connectivity index is 2.44. The molecule has 1 rings (SSSR count). The number of ether oxygens (including phenoxy) is 1. The first-order chi connectivity index (χ1) is 8.65. The van der Waals surface area contributed by atoms with Crippen molar-refractivity contribution >= 4 is 11.6 Å². The summed E-state index contributed by atoms with van der Waals surface area (Å²) < 4.78 is 5.51. The fourth-order valence-electron chi connectivity index (χ4n) is 1.64. The van der Waals surface area contributed by atoms with Crippen molar-refractivity contribution < 1.29 is 4.74 Å². The van der Waals surface area contributed by atoms with Crippen molar-refractivity contribution in [1.29, 1.82) is 0 Å². The van der Waals surface area contributed by atoms with Gasteiger partial charge in [0.05, 0.1) is 6.61 Å². The summed E-state index contributed by atoms with van der Waals surface area (Å²) in [6.45, 7) is 8.58. The van der Waals surface area contributed by atoms with Crippen LogP contribution in [0.1, 0.15) is 32.8 Å². The van der Waals surface area contributed by atoms with Crippen LogP contribution >= 0.6 is 0 Å². The van der Waals surface area contributed by atoms with E-state index < -0.39 is 0 Å². The maximum absolute atomic E-state index is 5.86. The highest BCUT2D eigenvalue weighted by Gasteiger charge is 2.07. The quantitative estimate of drug-likeness (QED) is 0.693. The summed E-state index contributed by atoms with van der Waals surface area (Å²) in [6.07, 6.45) is 3.41. The van der Waals surface area contributed by atoms with Gasteiger partial charge in [-0.15, -0.1) is 0 Å². The van der Waals surface area contributed by atoms with Gasteiger partial charge >= 0.3 is 0 Å². The van der Waals surface area contributed by atoms with Gasteiger partial charge in [0.1, 0.15) is 18.0 Å². The lowest BCUT2D eigenvalue weighted by Gasteiger charge is -2.12. The van der Waals surface area contributed by atoms with Gasteiger partial charge in [-0.05, 0) is 12.3 Å². The largest absolute Gasteiger partial charge is 0.383 e. The second-order valence-electron chi connectivity index (χ2n) is 4.73. The molecule has 0 bridgehead atoms. The third-order valence-corrected chi connectivity index (χ3v) is 2.47. The number of nitrogens with zero attached hydrogens (tertiary/aromatic N) is 2. The van der Waals surface area contributed by atoms with E-state index in [4.69, 9.17) is 10.5 Å². The van der Waals surface area contributed by atoms with E-state index >= 15 is 0 Å². The predicted octanol–water partition coefficient (Wildman–Crippen LogP) is 2.10. The van der Waals surface area contributed by atoms with Crippen LogP contribution in [-0.2, 0) is 11.2 Å². The average Bonchev–Trinajstić information content (AvgIpc) is 2.32. The summed E-state index contributed by atoms with van der Waals surface area (Å²) in [5, 5.41) is 3.26. The summed E-state index contributed by atoms with van der Waals surface area (Å²) in [5.74, 6) is 1.96. The van der Waals surface area contributed by atoms with Crippen molar-refractivity contribution in [3.63, 3.8) is 0 Å². The van der Waals surface area contributed by atoms with Gasteiger partial charge in [0, 0.05) is 18.7 Å². The molecule has 0 spiro atoms. The van der Waals surface area contributed by atoms with Crippen LogP contribution < -0.4 is 11.1 Å². The summed E-state index contributed by atoms with van der Waals surface area (Å²) in [5.41, 5.74) is 6.86. The number of rotatable bonds is 8. The first-order valence-corrected chi connectivity index (χ1v) is 6.56. The van der Waals surface area contributed by atoms with Crippen molar-refractivity contribution in [2.24, 2.45) is 5.92 Å². The second-order valence-corrected chi connectivity index (χ2v) is 4.73. The number of anilines is 2. The van der Waals surface area contributed by atoms with Crippen molar-refractivity contribution in [3.05, 3.63) is 11.9 Å². The van der Waals surface area contributed by atoms with E-state index in [1.807, 2.05) is 0 Å². The molecule has 3 N–H and O–H groups in total.